The van der Waals surface area contributed by atoms with E-state index in [9.17, 15) is 4.39 Å². The molecule has 2 rings (SSSR count). The van der Waals surface area contributed by atoms with Crippen molar-refractivity contribution in [3.05, 3.63) is 41.5 Å². The van der Waals surface area contributed by atoms with Gasteiger partial charge in [-0.05, 0) is 13.0 Å². The number of aromatic nitrogens is 3. The van der Waals surface area contributed by atoms with Gasteiger partial charge >= 0.3 is 0 Å². The van der Waals surface area contributed by atoms with Crippen molar-refractivity contribution in [3.8, 4) is 5.75 Å². The molecule has 96 valence electrons. The zero-order chi connectivity index (χ0) is 13.1. The van der Waals surface area contributed by atoms with Crippen molar-refractivity contribution in [2.24, 2.45) is 12.8 Å². The van der Waals surface area contributed by atoms with E-state index in [0.29, 0.717) is 11.4 Å². The Labute approximate surface area is 104 Å². The molecule has 0 radical (unpaired) electrons. The Morgan fingerprint density at radius 3 is 2.89 bits per heavy atom. The Kier molecular flexibility index (Phi) is 3.57. The summed E-state index contributed by atoms with van der Waals surface area (Å²) in [6, 6.07) is 4.11. The van der Waals surface area contributed by atoms with Crippen LogP contribution >= 0.6 is 0 Å². The lowest BCUT2D eigenvalue weighted by Gasteiger charge is -2.13. The maximum absolute atomic E-state index is 13.2. The fourth-order valence-electron chi connectivity index (χ4n) is 1.62. The second kappa shape index (κ2) is 5.14. The first kappa shape index (κ1) is 12.5. The average Bonchev–Trinajstić information content (AvgIpc) is 2.72. The highest BCUT2D eigenvalue weighted by Crippen LogP contribution is 2.25. The van der Waals surface area contributed by atoms with Crippen LogP contribution < -0.4 is 10.5 Å². The minimum atomic E-state index is -0.353. The van der Waals surface area contributed by atoms with Crippen LogP contribution in [0.2, 0.25) is 0 Å². The molecule has 1 aromatic carbocycles. The molecule has 6 heteroatoms. The summed E-state index contributed by atoms with van der Waals surface area (Å²) in [4.78, 5) is 0. The molecule has 1 heterocycles. The van der Waals surface area contributed by atoms with Crippen LogP contribution in [0.4, 0.5) is 4.39 Å². The van der Waals surface area contributed by atoms with Crippen LogP contribution in [-0.4, -0.2) is 15.0 Å². The van der Waals surface area contributed by atoms with Gasteiger partial charge in [0.15, 0.2) is 0 Å². The molecule has 0 bridgehead atoms. The number of ether oxygens (including phenoxy) is 1. The quantitative estimate of drug-likeness (QED) is 0.894. The third-order valence-corrected chi connectivity index (χ3v) is 2.49. The number of nitrogens with zero attached hydrogens (tertiary/aromatic N) is 3. The maximum Gasteiger partial charge on any atom is 0.134 e. The average molecular weight is 250 g/mol. The van der Waals surface area contributed by atoms with Gasteiger partial charge in [-0.1, -0.05) is 11.3 Å². The molecule has 2 aromatic rings. The molecule has 0 unspecified atom stereocenters. The largest absolute Gasteiger partial charge is 0.487 e. The highest BCUT2D eigenvalue weighted by atomic mass is 19.1. The van der Waals surface area contributed by atoms with Gasteiger partial charge in [0.25, 0.3) is 0 Å². The molecule has 5 nitrogen and oxygen atoms in total. The van der Waals surface area contributed by atoms with E-state index in [4.69, 9.17) is 10.5 Å². The molecule has 0 aliphatic heterocycles. The lowest BCUT2D eigenvalue weighted by atomic mass is 10.1. The standard InChI is InChI=1S/C12H15FN4O/c1-8(14)11-4-3-9(13)5-12(11)18-7-10-6-17(2)16-15-10/h3-6,8H,7,14H2,1-2H3/t8-/m1/s1. The number of aryl methyl sites for hydroxylation is 1. The lowest BCUT2D eigenvalue weighted by molar-refractivity contribution is 0.295. The summed E-state index contributed by atoms with van der Waals surface area (Å²) in [5.74, 6) is 0.0872. The van der Waals surface area contributed by atoms with Crippen molar-refractivity contribution in [1.29, 1.82) is 0 Å². The molecule has 18 heavy (non-hydrogen) atoms. The number of halogens is 1. The van der Waals surface area contributed by atoms with Crippen molar-refractivity contribution >= 4 is 0 Å². The third-order valence-electron chi connectivity index (χ3n) is 2.49. The SMILES string of the molecule is C[C@@H](N)c1ccc(F)cc1OCc1cn(C)nn1. The van der Waals surface area contributed by atoms with Gasteiger partial charge in [-0.3, -0.25) is 4.68 Å². The molecular weight excluding hydrogens is 235 g/mol. The summed E-state index contributed by atoms with van der Waals surface area (Å²) >= 11 is 0. The van der Waals surface area contributed by atoms with E-state index in [1.807, 2.05) is 6.92 Å². The Bertz CT molecular complexity index is 539. The summed E-state index contributed by atoms with van der Waals surface area (Å²) in [6.07, 6.45) is 1.74. The van der Waals surface area contributed by atoms with Crippen LogP contribution in [0.3, 0.4) is 0 Å². The normalized spacial score (nSPS) is 12.4. The number of hydrogen-bond acceptors (Lipinski definition) is 4. The zero-order valence-corrected chi connectivity index (χ0v) is 10.3. The van der Waals surface area contributed by atoms with E-state index in [-0.39, 0.29) is 18.5 Å². The summed E-state index contributed by atoms with van der Waals surface area (Å²) < 4.78 is 20.3. The first-order valence-electron chi connectivity index (χ1n) is 5.59. The van der Waals surface area contributed by atoms with Gasteiger partial charge < -0.3 is 10.5 Å². The van der Waals surface area contributed by atoms with Crippen molar-refractivity contribution in [3.63, 3.8) is 0 Å². The van der Waals surface area contributed by atoms with Crippen LogP contribution in [0.15, 0.2) is 24.4 Å². The van der Waals surface area contributed by atoms with Crippen LogP contribution in [0.5, 0.6) is 5.75 Å². The van der Waals surface area contributed by atoms with Crippen LogP contribution in [-0.2, 0) is 13.7 Å². The molecule has 0 amide bonds. The fraction of sp³-hybridized carbons (Fsp3) is 0.333. The maximum atomic E-state index is 13.2. The first-order valence-corrected chi connectivity index (χ1v) is 5.59. The molecule has 2 N–H and O–H groups in total. The Balaban J connectivity index is 2.15. The van der Waals surface area contributed by atoms with E-state index in [0.717, 1.165) is 5.56 Å². The van der Waals surface area contributed by atoms with Crippen molar-refractivity contribution in [2.45, 2.75) is 19.6 Å². The molecule has 0 saturated carbocycles. The van der Waals surface area contributed by atoms with Crippen LogP contribution in [0.25, 0.3) is 0 Å². The van der Waals surface area contributed by atoms with Crippen LogP contribution in [0, 0.1) is 5.82 Å². The fourth-order valence-corrected chi connectivity index (χ4v) is 1.62. The van der Waals surface area contributed by atoms with Gasteiger partial charge in [0.1, 0.15) is 23.9 Å². The Morgan fingerprint density at radius 1 is 1.50 bits per heavy atom. The van der Waals surface area contributed by atoms with E-state index in [1.165, 1.54) is 12.1 Å². The molecule has 0 spiro atoms. The summed E-state index contributed by atoms with van der Waals surface area (Å²) in [7, 11) is 1.77. The number of nitrogens with two attached hydrogens (primary N) is 1. The predicted octanol–water partition coefficient (Wildman–Crippen LogP) is 1.55. The van der Waals surface area contributed by atoms with Gasteiger partial charge in [0.2, 0.25) is 0 Å². The van der Waals surface area contributed by atoms with E-state index < -0.39 is 0 Å². The topological polar surface area (TPSA) is 66.0 Å². The summed E-state index contributed by atoms with van der Waals surface area (Å²) in [6.45, 7) is 2.05. The summed E-state index contributed by atoms with van der Waals surface area (Å²) in [5, 5.41) is 7.68. The molecule has 0 fully saturated rings. The number of benzene rings is 1. The van der Waals surface area contributed by atoms with Crippen molar-refractivity contribution in [1.82, 2.24) is 15.0 Å². The Hall–Kier alpha value is -1.95. The first-order chi connectivity index (χ1) is 8.56. The van der Waals surface area contributed by atoms with Gasteiger partial charge in [-0.15, -0.1) is 5.10 Å². The lowest BCUT2D eigenvalue weighted by Crippen LogP contribution is -2.08. The number of hydrogen-bond donors (Lipinski definition) is 1. The third kappa shape index (κ3) is 2.84. The van der Waals surface area contributed by atoms with Gasteiger partial charge in [0.05, 0.1) is 6.20 Å². The number of rotatable bonds is 4. The molecule has 0 aliphatic carbocycles. The van der Waals surface area contributed by atoms with E-state index >= 15 is 0 Å². The smallest absolute Gasteiger partial charge is 0.134 e. The molecule has 0 saturated heterocycles. The van der Waals surface area contributed by atoms with Crippen molar-refractivity contribution < 1.29 is 9.13 Å². The minimum Gasteiger partial charge on any atom is -0.487 e. The van der Waals surface area contributed by atoms with Crippen LogP contribution in [0.1, 0.15) is 24.2 Å². The highest BCUT2D eigenvalue weighted by Gasteiger charge is 2.10. The second-order valence-electron chi connectivity index (χ2n) is 4.14. The van der Waals surface area contributed by atoms with Gasteiger partial charge in [0, 0.05) is 24.7 Å². The molecule has 1 atom stereocenters. The Morgan fingerprint density at radius 2 is 2.28 bits per heavy atom. The zero-order valence-electron chi connectivity index (χ0n) is 10.3. The summed E-state index contributed by atoms with van der Waals surface area (Å²) in [5.41, 5.74) is 7.25. The molecule has 1 aromatic heterocycles. The van der Waals surface area contributed by atoms with Gasteiger partial charge in [-0.2, -0.15) is 0 Å². The minimum absolute atomic E-state index is 0.220. The van der Waals surface area contributed by atoms with E-state index in [2.05, 4.69) is 10.3 Å². The monoisotopic (exact) mass is 250 g/mol. The molecule has 0 aliphatic rings. The molecular formula is C12H15FN4O. The second-order valence-corrected chi connectivity index (χ2v) is 4.14. The highest BCUT2D eigenvalue weighted by molar-refractivity contribution is 5.36. The predicted molar refractivity (Wildman–Crippen MR) is 64.3 cm³/mol. The van der Waals surface area contributed by atoms with Crippen molar-refractivity contribution in [2.75, 3.05) is 0 Å². The van der Waals surface area contributed by atoms with Gasteiger partial charge in [-0.25, -0.2) is 4.39 Å². The van der Waals surface area contributed by atoms with E-state index in [1.54, 1.807) is 24.0 Å².